The molecule has 2 amide bonds. The molecule has 0 saturated carbocycles. The minimum atomic E-state index is -0.651. The normalized spacial score (nSPS) is 11.6. The van der Waals surface area contributed by atoms with Gasteiger partial charge in [-0.15, -0.1) is 0 Å². The highest BCUT2D eigenvalue weighted by Crippen LogP contribution is 2.13. The van der Waals surface area contributed by atoms with Crippen LogP contribution in [0.1, 0.15) is 42.9 Å². The number of carbonyl (C=O) groups excluding carboxylic acids is 2. The highest BCUT2D eigenvalue weighted by atomic mass is 19.1. The van der Waals surface area contributed by atoms with Gasteiger partial charge >= 0.3 is 0 Å². The topological polar surface area (TPSA) is 70.2 Å². The Balaban J connectivity index is 1.53. The smallest absolute Gasteiger partial charge is 0.224 e. The van der Waals surface area contributed by atoms with Crippen LogP contribution in [-0.4, -0.2) is 24.4 Å². The van der Waals surface area contributed by atoms with Crippen LogP contribution in [0.3, 0.4) is 0 Å². The van der Waals surface area contributed by atoms with Crippen molar-refractivity contribution in [3.63, 3.8) is 0 Å². The van der Waals surface area contributed by atoms with Crippen LogP contribution in [0.25, 0.3) is 0 Å². The summed E-state index contributed by atoms with van der Waals surface area (Å²) in [5.74, 6) is -1.84. The van der Waals surface area contributed by atoms with Crippen LogP contribution in [0.2, 0.25) is 0 Å². The van der Waals surface area contributed by atoms with E-state index in [-0.39, 0.29) is 37.1 Å². The predicted octanol–water partition coefficient (Wildman–Crippen LogP) is 5.15. The molecule has 0 unspecified atom stereocenters. The summed E-state index contributed by atoms with van der Waals surface area (Å²) in [6.07, 6.45) is 1.87. The fourth-order valence-corrected chi connectivity index (χ4v) is 3.98. The van der Waals surface area contributed by atoms with Gasteiger partial charge in [0.2, 0.25) is 11.8 Å². The maximum atomic E-state index is 13.7. The number of amides is 2. The Morgan fingerprint density at radius 1 is 0.806 bits per heavy atom. The standard InChI is InChI=1S/C29H33F2N3O2/c1-2-21-7-6-8-22(15-21)20-32-14-13-27(18-23-16-24(30)19-25(31)17-23)34-29(36)12-11-28(35)33-26-9-4-3-5-10-26/h3-10,15-17,19,27,32H,2,11-14,18,20H2,1H3,(H,33,35)(H,34,36)/t27-/m1/s1. The average Bonchev–Trinajstić information content (AvgIpc) is 2.85. The quantitative estimate of drug-likeness (QED) is 0.288. The molecular weight excluding hydrogens is 460 g/mol. The molecule has 0 aliphatic carbocycles. The molecular formula is C29H33F2N3O2. The van der Waals surface area contributed by atoms with Crippen molar-refractivity contribution in [1.82, 2.24) is 10.6 Å². The van der Waals surface area contributed by atoms with Crippen LogP contribution in [-0.2, 0) is 29.0 Å². The monoisotopic (exact) mass is 493 g/mol. The first-order valence-corrected chi connectivity index (χ1v) is 12.3. The van der Waals surface area contributed by atoms with E-state index in [1.165, 1.54) is 23.3 Å². The van der Waals surface area contributed by atoms with Gasteiger partial charge in [0.15, 0.2) is 0 Å². The Labute approximate surface area is 211 Å². The Morgan fingerprint density at radius 3 is 2.22 bits per heavy atom. The maximum Gasteiger partial charge on any atom is 0.224 e. The van der Waals surface area contributed by atoms with E-state index in [1.807, 2.05) is 24.3 Å². The second-order valence-corrected chi connectivity index (χ2v) is 8.80. The lowest BCUT2D eigenvalue weighted by Gasteiger charge is -2.20. The zero-order valence-electron chi connectivity index (χ0n) is 20.5. The molecule has 0 aliphatic rings. The van der Waals surface area contributed by atoms with Crippen molar-refractivity contribution in [3.05, 3.63) is 101 Å². The van der Waals surface area contributed by atoms with E-state index in [2.05, 4.69) is 41.1 Å². The van der Waals surface area contributed by atoms with Crippen molar-refractivity contribution in [2.75, 3.05) is 11.9 Å². The second kappa shape index (κ2) is 14.1. The van der Waals surface area contributed by atoms with E-state index in [0.717, 1.165) is 12.5 Å². The van der Waals surface area contributed by atoms with Gasteiger partial charge in [-0.05, 0) is 66.8 Å². The largest absolute Gasteiger partial charge is 0.353 e. The number of para-hydroxylation sites is 1. The third-order valence-electron chi connectivity index (χ3n) is 5.80. The zero-order valence-corrected chi connectivity index (χ0v) is 20.5. The van der Waals surface area contributed by atoms with Crippen molar-refractivity contribution in [3.8, 4) is 0 Å². The van der Waals surface area contributed by atoms with E-state index in [1.54, 1.807) is 12.1 Å². The number of hydrogen-bond acceptors (Lipinski definition) is 3. The van der Waals surface area contributed by atoms with E-state index >= 15 is 0 Å². The molecule has 5 nitrogen and oxygen atoms in total. The number of hydrogen-bond donors (Lipinski definition) is 3. The Morgan fingerprint density at radius 2 is 1.50 bits per heavy atom. The predicted molar refractivity (Wildman–Crippen MR) is 138 cm³/mol. The third-order valence-corrected chi connectivity index (χ3v) is 5.80. The van der Waals surface area contributed by atoms with Gasteiger partial charge in [-0.25, -0.2) is 8.78 Å². The summed E-state index contributed by atoms with van der Waals surface area (Å²) in [4.78, 5) is 24.8. The first kappa shape index (κ1) is 27.0. The summed E-state index contributed by atoms with van der Waals surface area (Å²) in [7, 11) is 0. The van der Waals surface area contributed by atoms with Gasteiger partial charge in [0.05, 0.1) is 0 Å². The van der Waals surface area contributed by atoms with E-state index < -0.39 is 11.6 Å². The number of rotatable bonds is 13. The maximum absolute atomic E-state index is 13.7. The molecule has 0 radical (unpaired) electrons. The Kier molecular flexibility index (Phi) is 10.6. The lowest BCUT2D eigenvalue weighted by Crippen LogP contribution is -2.38. The summed E-state index contributed by atoms with van der Waals surface area (Å²) in [6.45, 7) is 3.40. The molecule has 1 atom stereocenters. The van der Waals surface area contributed by atoms with Gasteiger partial charge in [0, 0.05) is 37.2 Å². The molecule has 190 valence electrons. The van der Waals surface area contributed by atoms with Crippen LogP contribution < -0.4 is 16.0 Å². The Bertz CT molecular complexity index is 1120. The lowest BCUT2D eigenvalue weighted by molar-refractivity contribution is -0.124. The SMILES string of the molecule is CCc1cccc(CNCC[C@H](Cc2cc(F)cc(F)c2)NC(=O)CCC(=O)Nc2ccccc2)c1. The molecule has 0 fully saturated rings. The van der Waals surface area contributed by atoms with Crippen LogP contribution >= 0.6 is 0 Å². The van der Waals surface area contributed by atoms with Gasteiger partial charge in [0.25, 0.3) is 0 Å². The summed E-state index contributed by atoms with van der Waals surface area (Å²) in [5.41, 5.74) is 3.58. The molecule has 0 aliphatic heterocycles. The van der Waals surface area contributed by atoms with Gasteiger partial charge in [-0.2, -0.15) is 0 Å². The third kappa shape index (κ3) is 9.58. The number of carbonyl (C=O) groups is 2. The number of nitrogens with one attached hydrogen (secondary N) is 3. The van der Waals surface area contributed by atoms with Crippen LogP contribution in [0, 0.1) is 11.6 Å². The molecule has 36 heavy (non-hydrogen) atoms. The van der Waals surface area contributed by atoms with Gasteiger partial charge in [-0.1, -0.05) is 49.4 Å². The molecule has 0 aromatic heterocycles. The van der Waals surface area contributed by atoms with E-state index in [4.69, 9.17) is 0 Å². The summed E-state index contributed by atoms with van der Waals surface area (Å²) in [5, 5.41) is 9.07. The highest BCUT2D eigenvalue weighted by molar-refractivity contribution is 5.93. The molecule has 3 aromatic carbocycles. The molecule has 0 saturated heterocycles. The summed E-state index contributed by atoms with van der Waals surface area (Å²) >= 11 is 0. The number of anilines is 1. The van der Waals surface area contributed by atoms with Gasteiger partial charge in [0.1, 0.15) is 11.6 Å². The van der Waals surface area contributed by atoms with Crippen molar-refractivity contribution in [1.29, 1.82) is 0 Å². The number of aryl methyl sites for hydroxylation is 1. The summed E-state index contributed by atoms with van der Waals surface area (Å²) in [6, 6.07) is 20.4. The first-order chi connectivity index (χ1) is 17.4. The fourth-order valence-electron chi connectivity index (χ4n) is 3.98. The van der Waals surface area contributed by atoms with Crippen molar-refractivity contribution in [2.24, 2.45) is 0 Å². The van der Waals surface area contributed by atoms with Gasteiger partial charge in [-0.3, -0.25) is 9.59 Å². The fraction of sp³-hybridized carbons (Fsp3) is 0.310. The minimum Gasteiger partial charge on any atom is -0.353 e. The van der Waals surface area contributed by atoms with Crippen LogP contribution in [0.4, 0.5) is 14.5 Å². The lowest BCUT2D eigenvalue weighted by atomic mass is 10.0. The Hall–Kier alpha value is -3.58. The molecule has 0 heterocycles. The molecule has 7 heteroatoms. The second-order valence-electron chi connectivity index (χ2n) is 8.80. The number of halogens is 2. The molecule has 0 spiro atoms. The minimum absolute atomic E-state index is 0.0178. The zero-order chi connectivity index (χ0) is 25.8. The molecule has 0 bridgehead atoms. The van der Waals surface area contributed by atoms with Crippen molar-refractivity contribution < 1.29 is 18.4 Å². The summed E-state index contributed by atoms with van der Waals surface area (Å²) < 4.78 is 27.4. The van der Waals surface area contributed by atoms with Crippen molar-refractivity contribution in [2.45, 2.75) is 51.6 Å². The van der Waals surface area contributed by atoms with E-state index in [9.17, 15) is 18.4 Å². The first-order valence-electron chi connectivity index (χ1n) is 12.3. The molecule has 3 aromatic rings. The van der Waals surface area contributed by atoms with Crippen LogP contribution in [0.15, 0.2) is 72.8 Å². The van der Waals surface area contributed by atoms with Gasteiger partial charge < -0.3 is 16.0 Å². The average molecular weight is 494 g/mol. The highest BCUT2D eigenvalue weighted by Gasteiger charge is 2.16. The molecule has 3 rings (SSSR count). The van der Waals surface area contributed by atoms with Crippen molar-refractivity contribution >= 4 is 17.5 Å². The van der Waals surface area contributed by atoms with Crippen LogP contribution in [0.5, 0.6) is 0 Å². The molecule has 3 N–H and O–H groups in total. The number of benzene rings is 3. The van der Waals surface area contributed by atoms with E-state index in [0.29, 0.717) is 30.8 Å².